The lowest BCUT2D eigenvalue weighted by atomic mass is 10.1. The number of thiol groups is 1. The highest BCUT2D eigenvalue weighted by Gasteiger charge is 1.99. The second-order valence-corrected chi connectivity index (χ2v) is 3.48. The Hall–Kier alpha value is -0.670. The van der Waals surface area contributed by atoms with Crippen molar-refractivity contribution in [2.24, 2.45) is 0 Å². The van der Waals surface area contributed by atoms with Crippen molar-refractivity contribution >= 4 is 12.6 Å². The average molecular weight is 211 g/mol. The van der Waals surface area contributed by atoms with Crippen LogP contribution in [-0.2, 0) is 6.42 Å². The molecule has 14 heavy (non-hydrogen) atoms. The largest absolute Gasteiger partial charge is 0.496 e. The monoisotopic (exact) mass is 211 g/mol. The lowest BCUT2D eigenvalue weighted by Crippen LogP contribution is -2.19. The van der Waals surface area contributed by atoms with Crippen molar-refractivity contribution < 1.29 is 4.74 Å². The Morgan fingerprint density at radius 2 is 2.07 bits per heavy atom. The fraction of sp³-hybridized carbons (Fsp3) is 0.455. The van der Waals surface area contributed by atoms with Crippen LogP contribution in [-0.4, -0.2) is 26.0 Å². The van der Waals surface area contributed by atoms with Crippen LogP contribution in [0.25, 0.3) is 0 Å². The maximum atomic E-state index is 5.26. The summed E-state index contributed by atoms with van der Waals surface area (Å²) in [7, 11) is 1.71. The first-order valence-electron chi connectivity index (χ1n) is 4.82. The lowest BCUT2D eigenvalue weighted by Gasteiger charge is -2.08. The molecule has 0 atom stereocenters. The van der Waals surface area contributed by atoms with Gasteiger partial charge in [-0.25, -0.2) is 0 Å². The number of nitrogens with one attached hydrogen (secondary N) is 1. The molecule has 0 saturated heterocycles. The molecule has 0 aliphatic heterocycles. The highest BCUT2D eigenvalue weighted by Crippen LogP contribution is 2.16. The smallest absolute Gasteiger partial charge is 0.122 e. The average Bonchev–Trinajstić information content (AvgIpc) is 2.25. The van der Waals surface area contributed by atoms with E-state index in [2.05, 4.69) is 24.0 Å². The zero-order chi connectivity index (χ0) is 10.2. The zero-order valence-electron chi connectivity index (χ0n) is 8.49. The molecule has 1 rings (SSSR count). The van der Waals surface area contributed by atoms with Crippen molar-refractivity contribution in [3.8, 4) is 5.75 Å². The Balaban J connectivity index is 2.41. The van der Waals surface area contributed by atoms with Gasteiger partial charge in [0.1, 0.15) is 5.75 Å². The minimum Gasteiger partial charge on any atom is -0.496 e. The van der Waals surface area contributed by atoms with Crippen molar-refractivity contribution in [3.05, 3.63) is 29.8 Å². The fourth-order valence-electron chi connectivity index (χ4n) is 1.34. The maximum absolute atomic E-state index is 5.26. The third kappa shape index (κ3) is 3.60. The minimum atomic E-state index is 0.881. The number of benzene rings is 1. The van der Waals surface area contributed by atoms with Gasteiger partial charge in [0.25, 0.3) is 0 Å². The van der Waals surface area contributed by atoms with Gasteiger partial charge < -0.3 is 10.1 Å². The number of rotatable bonds is 6. The van der Waals surface area contributed by atoms with E-state index in [1.54, 1.807) is 7.11 Å². The molecule has 0 fully saturated rings. The van der Waals surface area contributed by atoms with Crippen molar-refractivity contribution in [2.45, 2.75) is 6.42 Å². The predicted octanol–water partition coefficient (Wildman–Crippen LogP) is 1.76. The van der Waals surface area contributed by atoms with Gasteiger partial charge in [-0.15, -0.1) is 0 Å². The van der Waals surface area contributed by atoms with E-state index >= 15 is 0 Å². The van der Waals surface area contributed by atoms with Gasteiger partial charge in [0.2, 0.25) is 0 Å². The van der Waals surface area contributed by atoms with Crippen LogP contribution >= 0.6 is 12.6 Å². The third-order valence-electron chi connectivity index (χ3n) is 2.05. The predicted molar refractivity (Wildman–Crippen MR) is 63.4 cm³/mol. The molecular formula is C11H17NOS. The van der Waals surface area contributed by atoms with Crippen LogP contribution in [0.3, 0.4) is 0 Å². The summed E-state index contributed by atoms with van der Waals surface area (Å²) >= 11 is 4.13. The van der Waals surface area contributed by atoms with Gasteiger partial charge in [0, 0.05) is 12.3 Å². The summed E-state index contributed by atoms with van der Waals surface area (Å²) in [5, 5.41) is 3.30. The van der Waals surface area contributed by atoms with E-state index in [4.69, 9.17) is 4.74 Å². The molecular weight excluding hydrogens is 194 g/mol. The van der Waals surface area contributed by atoms with Gasteiger partial charge >= 0.3 is 0 Å². The summed E-state index contributed by atoms with van der Waals surface area (Å²) < 4.78 is 5.26. The Morgan fingerprint density at radius 1 is 1.29 bits per heavy atom. The zero-order valence-corrected chi connectivity index (χ0v) is 9.39. The van der Waals surface area contributed by atoms with Gasteiger partial charge in [-0.3, -0.25) is 0 Å². The summed E-state index contributed by atoms with van der Waals surface area (Å²) in [6, 6.07) is 8.12. The Bertz CT molecular complexity index is 265. The summed E-state index contributed by atoms with van der Waals surface area (Å²) in [4.78, 5) is 0. The van der Waals surface area contributed by atoms with Crippen molar-refractivity contribution in [1.82, 2.24) is 5.32 Å². The number of ether oxygens (including phenoxy) is 1. The summed E-state index contributed by atoms with van der Waals surface area (Å²) in [5.74, 6) is 1.85. The summed E-state index contributed by atoms with van der Waals surface area (Å²) in [6.07, 6.45) is 0.998. The minimum absolute atomic E-state index is 0.881. The van der Waals surface area contributed by atoms with Crippen molar-refractivity contribution in [3.63, 3.8) is 0 Å². The van der Waals surface area contributed by atoms with Gasteiger partial charge in [0.05, 0.1) is 7.11 Å². The second-order valence-electron chi connectivity index (χ2n) is 3.04. The molecule has 0 aliphatic rings. The first-order chi connectivity index (χ1) is 6.88. The van der Waals surface area contributed by atoms with Gasteiger partial charge in [-0.2, -0.15) is 12.6 Å². The van der Waals surface area contributed by atoms with E-state index in [1.807, 2.05) is 18.2 Å². The summed E-state index contributed by atoms with van der Waals surface area (Å²) in [6.45, 7) is 1.93. The first kappa shape index (κ1) is 11.4. The maximum Gasteiger partial charge on any atom is 0.122 e. The molecule has 1 aromatic carbocycles. The molecule has 3 heteroatoms. The lowest BCUT2D eigenvalue weighted by molar-refractivity contribution is 0.409. The molecule has 0 saturated carbocycles. The number of hydrogen-bond donors (Lipinski definition) is 2. The normalized spacial score (nSPS) is 10.1. The van der Waals surface area contributed by atoms with Gasteiger partial charge in [-0.1, -0.05) is 18.2 Å². The van der Waals surface area contributed by atoms with E-state index in [0.717, 1.165) is 31.0 Å². The van der Waals surface area contributed by atoms with E-state index in [0.29, 0.717) is 0 Å². The first-order valence-corrected chi connectivity index (χ1v) is 5.45. The Labute approximate surface area is 91.1 Å². The molecule has 0 heterocycles. The molecule has 2 nitrogen and oxygen atoms in total. The molecule has 0 radical (unpaired) electrons. The molecule has 0 spiro atoms. The molecule has 1 N–H and O–H groups in total. The molecule has 78 valence electrons. The standard InChI is InChI=1S/C11H17NOS/c1-13-11-5-3-2-4-10(11)6-7-12-8-9-14/h2-5,12,14H,6-9H2,1H3. The molecule has 0 unspecified atom stereocenters. The summed E-state index contributed by atoms with van der Waals surface area (Å²) in [5.41, 5.74) is 1.25. The van der Waals surface area contributed by atoms with Gasteiger partial charge in [0.15, 0.2) is 0 Å². The number of hydrogen-bond acceptors (Lipinski definition) is 3. The van der Waals surface area contributed by atoms with Crippen LogP contribution in [0.15, 0.2) is 24.3 Å². The van der Waals surface area contributed by atoms with E-state index in [1.165, 1.54) is 5.56 Å². The number of para-hydroxylation sites is 1. The second kappa shape index (κ2) is 6.74. The number of methoxy groups -OCH3 is 1. The van der Waals surface area contributed by atoms with Crippen LogP contribution in [0.2, 0.25) is 0 Å². The molecule has 0 bridgehead atoms. The van der Waals surface area contributed by atoms with Crippen LogP contribution in [0.1, 0.15) is 5.56 Å². The molecule has 0 aliphatic carbocycles. The van der Waals surface area contributed by atoms with Crippen LogP contribution in [0.4, 0.5) is 0 Å². The van der Waals surface area contributed by atoms with Crippen LogP contribution in [0.5, 0.6) is 5.75 Å². The van der Waals surface area contributed by atoms with E-state index < -0.39 is 0 Å². The Kier molecular flexibility index (Phi) is 5.49. The highest BCUT2D eigenvalue weighted by atomic mass is 32.1. The third-order valence-corrected chi connectivity index (χ3v) is 2.28. The highest BCUT2D eigenvalue weighted by molar-refractivity contribution is 7.80. The quantitative estimate of drug-likeness (QED) is 0.552. The van der Waals surface area contributed by atoms with Crippen molar-refractivity contribution in [2.75, 3.05) is 26.0 Å². The SMILES string of the molecule is COc1ccccc1CCNCCS. The Morgan fingerprint density at radius 3 is 2.79 bits per heavy atom. The molecule has 1 aromatic rings. The molecule has 0 aromatic heterocycles. The van der Waals surface area contributed by atoms with E-state index in [9.17, 15) is 0 Å². The topological polar surface area (TPSA) is 21.3 Å². The van der Waals surface area contributed by atoms with Crippen molar-refractivity contribution in [1.29, 1.82) is 0 Å². The van der Waals surface area contributed by atoms with E-state index in [-0.39, 0.29) is 0 Å². The van der Waals surface area contributed by atoms with Crippen LogP contribution < -0.4 is 10.1 Å². The van der Waals surface area contributed by atoms with Crippen LogP contribution in [0, 0.1) is 0 Å². The molecule has 0 amide bonds. The van der Waals surface area contributed by atoms with Gasteiger partial charge in [-0.05, 0) is 24.6 Å². The fourth-order valence-corrected chi connectivity index (χ4v) is 1.49.